The van der Waals surface area contributed by atoms with Gasteiger partial charge in [-0.1, -0.05) is 13.8 Å². The molecule has 0 saturated heterocycles. The van der Waals surface area contributed by atoms with Crippen LogP contribution in [0.15, 0.2) is 12.5 Å². The van der Waals surface area contributed by atoms with Crippen LogP contribution in [0.1, 0.15) is 32.4 Å². The van der Waals surface area contributed by atoms with E-state index in [1.54, 1.807) is 12.5 Å². The molecule has 0 aliphatic rings. The Bertz CT molecular complexity index is 323. The first kappa shape index (κ1) is 13.7. The predicted octanol–water partition coefficient (Wildman–Crippen LogP) is 1.26. The lowest BCUT2D eigenvalue weighted by Gasteiger charge is -2.11. The van der Waals surface area contributed by atoms with E-state index >= 15 is 0 Å². The number of nitrogens with one attached hydrogen (secondary N) is 1. The number of aromatic nitrogens is 2. The van der Waals surface area contributed by atoms with Gasteiger partial charge in [0.05, 0.1) is 12.9 Å². The minimum Gasteiger partial charge on any atom is -0.465 e. The van der Waals surface area contributed by atoms with E-state index in [2.05, 4.69) is 23.8 Å². The van der Waals surface area contributed by atoms with Crippen LogP contribution in [0.25, 0.3) is 0 Å². The van der Waals surface area contributed by atoms with Crippen LogP contribution >= 0.6 is 0 Å². The molecule has 5 heteroatoms. The number of carbonyl (C=O) groups is 1. The Labute approximate surface area is 102 Å². The molecule has 0 aromatic carbocycles. The number of hydrogen-bond donors (Lipinski definition) is 2. The third-order valence-electron chi connectivity index (χ3n) is 2.47. The van der Waals surface area contributed by atoms with Gasteiger partial charge in [0, 0.05) is 18.3 Å². The molecular formula is C12H21N3O2. The molecule has 0 amide bonds. The van der Waals surface area contributed by atoms with Crippen LogP contribution in [0.2, 0.25) is 0 Å². The van der Waals surface area contributed by atoms with Gasteiger partial charge in [0.25, 0.3) is 0 Å². The minimum absolute atomic E-state index is 0.344. The maximum Gasteiger partial charge on any atom is 0.323 e. The lowest BCUT2D eigenvalue weighted by atomic mass is 10.1. The van der Waals surface area contributed by atoms with E-state index in [-0.39, 0.29) is 5.97 Å². The van der Waals surface area contributed by atoms with Gasteiger partial charge < -0.3 is 15.5 Å². The van der Waals surface area contributed by atoms with Crippen LogP contribution in [-0.4, -0.2) is 28.6 Å². The van der Waals surface area contributed by atoms with E-state index in [9.17, 15) is 4.79 Å². The highest BCUT2D eigenvalue weighted by molar-refractivity contribution is 5.75. The van der Waals surface area contributed by atoms with E-state index in [4.69, 9.17) is 10.5 Å². The van der Waals surface area contributed by atoms with Crippen molar-refractivity contribution < 1.29 is 9.53 Å². The van der Waals surface area contributed by atoms with Crippen molar-refractivity contribution in [3.63, 3.8) is 0 Å². The van der Waals surface area contributed by atoms with E-state index in [0.29, 0.717) is 18.9 Å². The number of hydrogen-bond acceptors (Lipinski definition) is 4. The van der Waals surface area contributed by atoms with Crippen LogP contribution in [-0.2, 0) is 16.0 Å². The van der Waals surface area contributed by atoms with Crippen LogP contribution < -0.4 is 5.73 Å². The molecule has 1 rings (SSSR count). The summed E-state index contributed by atoms with van der Waals surface area (Å²) in [6.45, 7) is 4.74. The number of carbonyl (C=O) groups excluding carboxylic acids is 1. The van der Waals surface area contributed by atoms with Gasteiger partial charge in [-0.05, 0) is 18.8 Å². The molecule has 17 heavy (non-hydrogen) atoms. The second-order valence-corrected chi connectivity index (χ2v) is 4.59. The van der Waals surface area contributed by atoms with E-state index in [1.807, 2.05) is 0 Å². The number of rotatable bonds is 7. The number of aromatic amines is 1. The third kappa shape index (κ3) is 5.49. The average Bonchev–Trinajstić information content (AvgIpc) is 2.76. The van der Waals surface area contributed by atoms with Crippen molar-refractivity contribution in [3.8, 4) is 0 Å². The average molecular weight is 239 g/mol. The normalized spacial score (nSPS) is 12.7. The predicted molar refractivity (Wildman–Crippen MR) is 65.3 cm³/mol. The molecule has 0 aliphatic heterocycles. The third-order valence-corrected chi connectivity index (χ3v) is 2.47. The Kier molecular flexibility index (Phi) is 5.69. The van der Waals surface area contributed by atoms with Crippen molar-refractivity contribution in [2.24, 2.45) is 11.7 Å². The maximum absolute atomic E-state index is 11.5. The summed E-state index contributed by atoms with van der Waals surface area (Å²) in [7, 11) is 0. The van der Waals surface area contributed by atoms with Gasteiger partial charge in [-0.25, -0.2) is 4.98 Å². The Morgan fingerprint density at radius 1 is 1.59 bits per heavy atom. The Morgan fingerprint density at radius 3 is 2.94 bits per heavy atom. The lowest BCUT2D eigenvalue weighted by molar-refractivity contribution is -0.145. The lowest BCUT2D eigenvalue weighted by Crippen LogP contribution is -2.34. The summed E-state index contributed by atoms with van der Waals surface area (Å²) in [5.74, 6) is 0.288. The summed E-state index contributed by atoms with van der Waals surface area (Å²) in [5, 5.41) is 0. The maximum atomic E-state index is 11.5. The van der Waals surface area contributed by atoms with Crippen LogP contribution in [0.4, 0.5) is 0 Å². The first-order chi connectivity index (χ1) is 8.09. The quantitative estimate of drug-likeness (QED) is 0.554. The summed E-state index contributed by atoms with van der Waals surface area (Å²) in [5.41, 5.74) is 6.57. The topological polar surface area (TPSA) is 81.0 Å². The van der Waals surface area contributed by atoms with Gasteiger partial charge in [0.15, 0.2) is 0 Å². The minimum atomic E-state index is -0.616. The second kappa shape index (κ2) is 7.06. The number of nitrogens with zero attached hydrogens (tertiary/aromatic N) is 1. The molecule has 96 valence electrons. The van der Waals surface area contributed by atoms with Crippen molar-refractivity contribution in [3.05, 3.63) is 18.2 Å². The standard InChI is InChI=1S/C12H21N3O2/c1-9(2)4-3-5-17-12(16)11(13)6-10-7-14-8-15-10/h7-9,11H,3-6,13H2,1-2H3,(H,14,15). The summed E-state index contributed by atoms with van der Waals surface area (Å²) >= 11 is 0. The fourth-order valence-corrected chi connectivity index (χ4v) is 1.49. The van der Waals surface area contributed by atoms with E-state index in [1.165, 1.54) is 0 Å². The number of ether oxygens (including phenoxy) is 1. The Balaban J connectivity index is 2.18. The molecule has 3 N–H and O–H groups in total. The van der Waals surface area contributed by atoms with Gasteiger partial charge in [-0.3, -0.25) is 4.79 Å². The SMILES string of the molecule is CC(C)CCCOC(=O)C(N)Cc1cnc[nH]1. The highest BCUT2D eigenvalue weighted by Crippen LogP contribution is 2.04. The zero-order valence-electron chi connectivity index (χ0n) is 10.5. The van der Waals surface area contributed by atoms with Crippen LogP contribution in [0.3, 0.4) is 0 Å². The molecule has 0 fully saturated rings. The highest BCUT2D eigenvalue weighted by Gasteiger charge is 2.16. The Morgan fingerprint density at radius 2 is 2.35 bits per heavy atom. The van der Waals surface area contributed by atoms with Gasteiger partial charge in [-0.2, -0.15) is 0 Å². The molecule has 0 saturated carbocycles. The number of nitrogens with two attached hydrogens (primary N) is 1. The molecule has 5 nitrogen and oxygen atoms in total. The van der Waals surface area contributed by atoms with Gasteiger partial charge in [-0.15, -0.1) is 0 Å². The molecule has 0 bridgehead atoms. The monoisotopic (exact) mass is 239 g/mol. The molecule has 1 aromatic rings. The smallest absolute Gasteiger partial charge is 0.323 e. The van der Waals surface area contributed by atoms with Crippen LogP contribution in [0.5, 0.6) is 0 Å². The van der Waals surface area contributed by atoms with Gasteiger partial charge in [0.1, 0.15) is 6.04 Å². The summed E-state index contributed by atoms with van der Waals surface area (Å²) in [4.78, 5) is 18.3. The van der Waals surface area contributed by atoms with Gasteiger partial charge >= 0.3 is 5.97 Å². The fourth-order valence-electron chi connectivity index (χ4n) is 1.49. The van der Waals surface area contributed by atoms with Crippen molar-refractivity contribution in [2.45, 2.75) is 39.2 Å². The van der Waals surface area contributed by atoms with Crippen molar-refractivity contribution in [1.29, 1.82) is 0 Å². The zero-order chi connectivity index (χ0) is 12.7. The largest absolute Gasteiger partial charge is 0.465 e. The fraction of sp³-hybridized carbons (Fsp3) is 0.667. The molecule has 1 aromatic heterocycles. The van der Waals surface area contributed by atoms with E-state index in [0.717, 1.165) is 18.5 Å². The Hall–Kier alpha value is -1.36. The number of imidazole rings is 1. The first-order valence-corrected chi connectivity index (χ1v) is 5.99. The molecule has 0 aliphatic carbocycles. The van der Waals surface area contributed by atoms with Crippen molar-refractivity contribution in [1.82, 2.24) is 9.97 Å². The van der Waals surface area contributed by atoms with Crippen LogP contribution in [0, 0.1) is 5.92 Å². The van der Waals surface area contributed by atoms with Crippen molar-refractivity contribution >= 4 is 5.97 Å². The van der Waals surface area contributed by atoms with Crippen molar-refractivity contribution in [2.75, 3.05) is 6.61 Å². The summed E-state index contributed by atoms with van der Waals surface area (Å²) < 4.78 is 5.10. The molecule has 0 radical (unpaired) electrons. The molecule has 1 unspecified atom stereocenters. The first-order valence-electron chi connectivity index (χ1n) is 5.99. The number of esters is 1. The molecule has 0 spiro atoms. The van der Waals surface area contributed by atoms with E-state index < -0.39 is 6.04 Å². The zero-order valence-corrected chi connectivity index (χ0v) is 10.5. The molecule has 1 atom stereocenters. The molecule has 1 heterocycles. The highest BCUT2D eigenvalue weighted by atomic mass is 16.5. The molecular weight excluding hydrogens is 218 g/mol. The summed E-state index contributed by atoms with van der Waals surface area (Å²) in [6.07, 6.45) is 5.61. The number of H-pyrrole nitrogens is 1. The van der Waals surface area contributed by atoms with Gasteiger partial charge in [0.2, 0.25) is 0 Å². The second-order valence-electron chi connectivity index (χ2n) is 4.59. The summed E-state index contributed by atoms with van der Waals surface area (Å²) in [6, 6.07) is -0.616.